The van der Waals surface area contributed by atoms with Crippen LogP contribution in [0.3, 0.4) is 0 Å². The average molecular weight is 409 g/mol. The van der Waals surface area contributed by atoms with Crippen LogP contribution in [-0.4, -0.2) is 20.0 Å². The Kier molecular flexibility index (Phi) is 5.52. The molecule has 0 fully saturated rings. The Morgan fingerprint density at radius 2 is 1.81 bits per heavy atom. The highest BCUT2D eigenvalue weighted by Gasteiger charge is 2.22. The van der Waals surface area contributed by atoms with Crippen molar-refractivity contribution in [2.45, 2.75) is 16.7 Å². The predicted octanol–water partition coefficient (Wildman–Crippen LogP) is 4.27. The van der Waals surface area contributed by atoms with E-state index in [1.807, 2.05) is 0 Å². The van der Waals surface area contributed by atoms with Crippen molar-refractivity contribution < 1.29 is 19.0 Å². The maximum Gasteiger partial charge on any atom is 0.290 e. The molecule has 12 heteroatoms. The van der Waals surface area contributed by atoms with Gasteiger partial charge >= 0.3 is 0 Å². The normalized spacial score (nSPS) is 10.6. The van der Waals surface area contributed by atoms with Crippen molar-refractivity contribution in [3.63, 3.8) is 0 Å². The summed E-state index contributed by atoms with van der Waals surface area (Å²) in [5.41, 5.74) is -0.806. The largest absolute Gasteiger partial charge is 0.484 e. The second kappa shape index (κ2) is 8.01. The molecule has 0 aliphatic rings. The van der Waals surface area contributed by atoms with Gasteiger partial charge in [-0.15, -0.1) is 10.2 Å². The molecule has 0 aliphatic heterocycles. The maximum atomic E-state index is 11.1. The van der Waals surface area contributed by atoms with Crippen LogP contribution in [0.5, 0.6) is 5.75 Å². The highest BCUT2D eigenvalue weighted by molar-refractivity contribution is 7.99. The smallest absolute Gasteiger partial charge is 0.290 e. The van der Waals surface area contributed by atoms with Crippen LogP contribution in [-0.2, 0) is 6.61 Å². The van der Waals surface area contributed by atoms with Crippen molar-refractivity contribution >= 4 is 34.7 Å². The van der Waals surface area contributed by atoms with E-state index in [4.69, 9.17) is 20.8 Å². The van der Waals surface area contributed by atoms with Crippen LogP contribution in [0, 0.1) is 20.2 Å². The van der Waals surface area contributed by atoms with Gasteiger partial charge in [0.2, 0.25) is 0 Å². The molecule has 0 aliphatic carbocycles. The Bertz CT molecular complexity index is 994. The number of nitrogens with zero attached hydrogens (tertiary/aromatic N) is 4. The van der Waals surface area contributed by atoms with E-state index in [1.54, 1.807) is 24.3 Å². The fourth-order valence-electron chi connectivity index (χ4n) is 1.96. The van der Waals surface area contributed by atoms with Gasteiger partial charge in [0.25, 0.3) is 22.5 Å². The van der Waals surface area contributed by atoms with Gasteiger partial charge in [-0.25, -0.2) is 0 Å². The number of nitro groups is 2. The van der Waals surface area contributed by atoms with Gasteiger partial charge in [-0.05, 0) is 42.1 Å². The minimum absolute atomic E-state index is 0.00243. The summed E-state index contributed by atoms with van der Waals surface area (Å²) in [6.07, 6.45) is 0. The molecular formula is C15H9ClN4O6S. The highest BCUT2D eigenvalue weighted by atomic mass is 35.5. The summed E-state index contributed by atoms with van der Waals surface area (Å²) in [4.78, 5) is 20.6. The number of hydrogen-bond acceptors (Lipinski definition) is 9. The molecule has 27 heavy (non-hydrogen) atoms. The monoisotopic (exact) mass is 408 g/mol. The molecule has 3 rings (SSSR count). The number of benzene rings is 2. The zero-order valence-corrected chi connectivity index (χ0v) is 14.8. The summed E-state index contributed by atoms with van der Waals surface area (Å²) in [6, 6.07) is 9.98. The Morgan fingerprint density at radius 3 is 2.48 bits per heavy atom. The highest BCUT2D eigenvalue weighted by Crippen LogP contribution is 2.36. The van der Waals surface area contributed by atoms with E-state index < -0.39 is 15.5 Å². The number of hydrogen-bond donors (Lipinski definition) is 0. The third-order valence-corrected chi connectivity index (χ3v) is 4.33. The quantitative estimate of drug-likeness (QED) is 0.414. The van der Waals surface area contributed by atoms with Gasteiger partial charge in [0.1, 0.15) is 5.75 Å². The molecule has 0 amide bonds. The molecular weight excluding hydrogens is 400 g/mol. The van der Waals surface area contributed by atoms with Crippen LogP contribution in [0.1, 0.15) is 5.89 Å². The lowest BCUT2D eigenvalue weighted by Gasteiger charge is -2.02. The van der Waals surface area contributed by atoms with E-state index in [-0.39, 0.29) is 28.3 Å². The number of non-ortho nitro benzene ring substituents is 1. The second-order valence-electron chi connectivity index (χ2n) is 4.97. The van der Waals surface area contributed by atoms with Crippen molar-refractivity contribution in [3.8, 4) is 5.75 Å². The van der Waals surface area contributed by atoms with E-state index in [0.717, 1.165) is 23.9 Å². The number of halogens is 1. The zero-order chi connectivity index (χ0) is 19.4. The molecule has 0 saturated heterocycles. The standard InChI is InChI=1S/C15H9ClN4O6S/c16-9-1-4-11(5-2-9)25-8-14-17-18-15(26-14)27-13-6-3-10(19(21)22)7-12(13)20(23)24/h1-7H,8H2. The maximum absolute atomic E-state index is 11.1. The van der Waals surface area contributed by atoms with Crippen LogP contribution >= 0.6 is 23.4 Å². The first-order chi connectivity index (χ1) is 12.9. The second-order valence-corrected chi connectivity index (χ2v) is 6.40. The molecule has 0 atom stereocenters. The number of aromatic nitrogens is 2. The Hall–Kier alpha value is -3.18. The fourth-order valence-corrected chi connectivity index (χ4v) is 2.86. The van der Waals surface area contributed by atoms with Gasteiger partial charge in [-0.3, -0.25) is 20.2 Å². The van der Waals surface area contributed by atoms with Gasteiger partial charge in [0.05, 0.1) is 20.8 Å². The van der Waals surface area contributed by atoms with Gasteiger partial charge in [0, 0.05) is 11.1 Å². The topological polar surface area (TPSA) is 134 Å². The molecule has 10 nitrogen and oxygen atoms in total. The van der Waals surface area contributed by atoms with E-state index in [0.29, 0.717) is 10.8 Å². The van der Waals surface area contributed by atoms with Gasteiger partial charge < -0.3 is 9.15 Å². The SMILES string of the molecule is O=[N+]([O-])c1ccc(Sc2nnc(COc3ccc(Cl)cc3)o2)c([N+](=O)[O-])c1. The number of ether oxygens (including phenoxy) is 1. The van der Waals surface area contributed by atoms with Gasteiger partial charge in [-0.2, -0.15) is 0 Å². The Morgan fingerprint density at radius 1 is 1.07 bits per heavy atom. The summed E-state index contributed by atoms with van der Waals surface area (Å²) in [5, 5.41) is 30.1. The first kappa shape index (κ1) is 18.6. The molecule has 0 bridgehead atoms. The van der Waals surface area contributed by atoms with Crippen LogP contribution < -0.4 is 4.74 Å². The molecule has 0 spiro atoms. The summed E-state index contributed by atoms with van der Waals surface area (Å²) >= 11 is 6.62. The van der Waals surface area contributed by atoms with Gasteiger partial charge in [0.15, 0.2) is 6.61 Å². The minimum atomic E-state index is -0.712. The summed E-state index contributed by atoms with van der Waals surface area (Å²) in [6.45, 7) is -0.00243. The van der Waals surface area contributed by atoms with Gasteiger partial charge in [-0.1, -0.05) is 11.6 Å². The Balaban J connectivity index is 1.71. The molecule has 2 aromatic carbocycles. The Labute approximate surface area is 160 Å². The third kappa shape index (κ3) is 4.71. The summed E-state index contributed by atoms with van der Waals surface area (Å²) in [5.74, 6) is 0.717. The van der Waals surface area contributed by atoms with Crippen LogP contribution in [0.15, 0.2) is 57.0 Å². The molecule has 0 radical (unpaired) electrons. The van der Waals surface area contributed by atoms with Crippen molar-refractivity contribution in [1.82, 2.24) is 10.2 Å². The first-order valence-corrected chi connectivity index (χ1v) is 8.43. The van der Waals surface area contributed by atoms with Crippen molar-refractivity contribution in [1.29, 1.82) is 0 Å². The average Bonchev–Trinajstić information content (AvgIpc) is 3.08. The lowest BCUT2D eigenvalue weighted by molar-refractivity contribution is -0.396. The van der Waals surface area contributed by atoms with Crippen LogP contribution in [0.4, 0.5) is 11.4 Å². The molecule has 0 saturated carbocycles. The molecule has 3 aromatic rings. The van der Waals surface area contributed by atoms with Crippen molar-refractivity contribution in [3.05, 3.63) is 73.6 Å². The molecule has 1 heterocycles. The van der Waals surface area contributed by atoms with E-state index >= 15 is 0 Å². The predicted molar refractivity (Wildman–Crippen MR) is 94.0 cm³/mol. The first-order valence-electron chi connectivity index (χ1n) is 7.24. The van der Waals surface area contributed by atoms with Crippen LogP contribution in [0.25, 0.3) is 0 Å². The number of rotatable bonds is 7. The lowest BCUT2D eigenvalue weighted by atomic mass is 10.3. The van der Waals surface area contributed by atoms with E-state index in [2.05, 4.69) is 10.2 Å². The molecule has 0 N–H and O–H groups in total. The summed E-state index contributed by atoms with van der Waals surface area (Å²) < 4.78 is 10.8. The minimum Gasteiger partial charge on any atom is -0.484 e. The van der Waals surface area contributed by atoms with E-state index in [1.165, 1.54) is 6.07 Å². The molecule has 0 unspecified atom stereocenters. The molecule has 138 valence electrons. The zero-order valence-electron chi connectivity index (χ0n) is 13.3. The van der Waals surface area contributed by atoms with E-state index in [9.17, 15) is 20.2 Å². The molecule has 1 aromatic heterocycles. The summed E-state index contributed by atoms with van der Waals surface area (Å²) in [7, 11) is 0. The fraction of sp³-hybridized carbons (Fsp3) is 0.0667. The number of nitro benzene ring substituents is 2. The lowest BCUT2D eigenvalue weighted by Crippen LogP contribution is -1.95. The third-order valence-electron chi connectivity index (χ3n) is 3.17. The van der Waals surface area contributed by atoms with Crippen LogP contribution in [0.2, 0.25) is 5.02 Å². The van der Waals surface area contributed by atoms with Crippen molar-refractivity contribution in [2.24, 2.45) is 0 Å². The van der Waals surface area contributed by atoms with Crippen molar-refractivity contribution in [2.75, 3.05) is 0 Å².